The molecule has 0 fully saturated rings. The topological polar surface area (TPSA) is 0 Å². The first-order valence-corrected chi connectivity index (χ1v) is 21.8. The molecule has 0 aromatic heterocycles. The van der Waals surface area contributed by atoms with Crippen LogP contribution in [0.5, 0.6) is 0 Å². The second-order valence-corrected chi connectivity index (χ2v) is 15.6. The van der Waals surface area contributed by atoms with Crippen molar-refractivity contribution in [1.82, 2.24) is 0 Å². The molecule has 1 nitrogen and oxygen atoms in total. The normalized spacial score (nSPS) is 11.7. The lowest BCUT2D eigenvalue weighted by atomic mass is 9.14. The van der Waals surface area contributed by atoms with Gasteiger partial charge in [-0.1, -0.05) is 203 Å². The molecule has 0 amide bonds. The van der Waals surface area contributed by atoms with E-state index in [1.807, 2.05) is 0 Å². The van der Waals surface area contributed by atoms with Crippen LogP contribution < -0.4 is 16.4 Å². The minimum Gasteiger partial charge on any atom is -0.324 e. The molecule has 0 heterocycles. The molecule has 0 aliphatic carbocycles. The van der Waals surface area contributed by atoms with Gasteiger partial charge in [0.1, 0.15) is 0 Å². The molecule has 3 aromatic carbocycles. The van der Waals surface area contributed by atoms with Crippen molar-refractivity contribution in [3.63, 3.8) is 0 Å². The van der Waals surface area contributed by atoms with Gasteiger partial charge < -0.3 is 4.48 Å². The maximum atomic E-state index is 2.34. The minimum absolute atomic E-state index is 0.928. The van der Waals surface area contributed by atoms with Crippen molar-refractivity contribution in [2.75, 3.05) is 26.2 Å². The highest BCUT2D eigenvalue weighted by Crippen LogP contribution is 2.20. The molecular weight excluding hydrogens is 601 g/mol. The Balaban J connectivity index is 0.000000347. The highest BCUT2D eigenvalue weighted by atomic mass is 15.3. The molecule has 0 atom stereocenters. The van der Waals surface area contributed by atoms with E-state index in [2.05, 4.69) is 126 Å². The Bertz CT molecular complexity index is 994. The average Bonchev–Trinajstić information content (AvgIpc) is 3.17. The second-order valence-electron chi connectivity index (χ2n) is 15.6. The van der Waals surface area contributed by atoms with Crippen molar-refractivity contribution in [1.29, 1.82) is 0 Å². The summed E-state index contributed by atoms with van der Waals surface area (Å²) in [6, 6.07) is 33.4. The number of quaternary nitrogens is 1. The molecule has 3 aromatic rings. The minimum atomic E-state index is -0.928. The van der Waals surface area contributed by atoms with E-state index in [-0.39, 0.29) is 0 Å². The fourth-order valence-corrected chi connectivity index (χ4v) is 8.47. The third-order valence-corrected chi connectivity index (χ3v) is 11.5. The zero-order valence-corrected chi connectivity index (χ0v) is 33.9. The SMILES string of the molecule is CCCCCC[B-](c1ccccc1)(c1ccccc1)c1ccccc1.CCCCCC[N+](CCCCCC)(CCCCCC)CCCCCC. The van der Waals surface area contributed by atoms with Crippen molar-refractivity contribution >= 4 is 22.5 Å². The number of nitrogens with zero attached hydrogens (tertiary/aromatic N) is 1. The van der Waals surface area contributed by atoms with Gasteiger partial charge in [-0.2, -0.15) is 22.7 Å². The van der Waals surface area contributed by atoms with E-state index in [1.165, 1.54) is 182 Å². The number of rotatable bonds is 28. The molecule has 0 saturated carbocycles. The number of hydrogen-bond acceptors (Lipinski definition) is 0. The summed E-state index contributed by atoms with van der Waals surface area (Å²) in [6.45, 7) is 17.5. The summed E-state index contributed by atoms with van der Waals surface area (Å²) in [4.78, 5) is 0. The van der Waals surface area contributed by atoms with Crippen LogP contribution in [-0.2, 0) is 0 Å². The molecule has 280 valence electrons. The maximum Gasteiger partial charge on any atom is 0.0814 e. The van der Waals surface area contributed by atoms with E-state index in [0.29, 0.717) is 0 Å². The quantitative estimate of drug-likeness (QED) is 0.0406. The summed E-state index contributed by atoms with van der Waals surface area (Å²) >= 11 is 0. The molecule has 50 heavy (non-hydrogen) atoms. The summed E-state index contributed by atoms with van der Waals surface area (Å²) in [5, 5.41) is 0. The molecule has 0 spiro atoms. The lowest BCUT2D eigenvalue weighted by Gasteiger charge is -2.43. The summed E-state index contributed by atoms with van der Waals surface area (Å²) < 4.78 is 1.46. The van der Waals surface area contributed by atoms with Crippen LogP contribution in [0.1, 0.15) is 163 Å². The van der Waals surface area contributed by atoms with E-state index < -0.39 is 6.15 Å². The van der Waals surface area contributed by atoms with E-state index in [9.17, 15) is 0 Å². The van der Waals surface area contributed by atoms with Crippen LogP contribution in [-0.4, -0.2) is 36.8 Å². The fourth-order valence-electron chi connectivity index (χ4n) is 8.47. The molecule has 0 aliphatic heterocycles. The first kappa shape index (κ1) is 43.8. The van der Waals surface area contributed by atoms with E-state index >= 15 is 0 Å². The summed E-state index contributed by atoms with van der Waals surface area (Å²) in [7, 11) is 0. The molecule has 0 radical (unpaired) electrons. The Morgan fingerprint density at radius 3 is 0.840 bits per heavy atom. The first-order chi connectivity index (χ1) is 24.6. The van der Waals surface area contributed by atoms with Gasteiger partial charge in [0.25, 0.3) is 0 Å². The van der Waals surface area contributed by atoms with E-state index in [1.54, 1.807) is 0 Å². The zero-order chi connectivity index (χ0) is 36.0. The Morgan fingerprint density at radius 1 is 0.320 bits per heavy atom. The van der Waals surface area contributed by atoms with Crippen LogP contribution in [0.15, 0.2) is 91.0 Å². The van der Waals surface area contributed by atoms with Crippen LogP contribution in [0.3, 0.4) is 0 Å². The van der Waals surface area contributed by atoms with Gasteiger partial charge in [0.05, 0.1) is 32.3 Å². The van der Waals surface area contributed by atoms with Crippen LogP contribution in [0.25, 0.3) is 0 Å². The van der Waals surface area contributed by atoms with Gasteiger partial charge in [0, 0.05) is 0 Å². The molecule has 0 aliphatic rings. The van der Waals surface area contributed by atoms with Crippen molar-refractivity contribution < 1.29 is 4.48 Å². The van der Waals surface area contributed by atoms with Crippen LogP contribution in [0.4, 0.5) is 0 Å². The summed E-state index contributed by atoms with van der Waals surface area (Å²) in [5.74, 6) is 0. The van der Waals surface area contributed by atoms with Crippen molar-refractivity contribution in [3.8, 4) is 0 Å². The predicted octanol–water partition coefficient (Wildman–Crippen LogP) is 12.9. The molecule has 0 saturated heterocycles. The van der Waals surface area contributed by atoms with Gasteiger partial charge in [-0.15, -0.1) is 0 Å². The standard InChI is InChI=1S/C24H28B.C24H52N/c1-2-3-4-14-21-25(22-15-8-5-9-16-22,23-17-10-6-11-18-23)24-19-12-7-13-20-24;1-5-9-13-17-21-25(22-18-14-10-6-2,23-19-15-11-7-3)24-20-16-12-8-4/h5-13,15-20H,2-4,14,21H2,1H3;5-24H2,1-4H3/q-1;+1. The summed E-state index contributed by atoms with van der Waals surface area (Å²) in [5.41, 5.74) is 4.36. The number of unbranched alkanes of at least 4 members (excludes halogenated alkanes) is 15. The Labute approximate surface area is 312 Å². The highest BCUT2D eigenvalue weighted by molar-refractivity contribution is 7.11. The average molecular weight is 682 g/mol. The smallest absolute Gasteiger partial charge is 0.0814 e. The number of benzene rings is 3. The molecule has 3 rings (SSSR count). The third-order valence-electron chi connectivity index (χ3n) is 11.5. The molecular formula is C48H80BN. The number of hydrogen-bond donors (Lipinski definition) is 0. The largest absolute Gasteiger partial charge is 0.324 e. The lowest BCUT2D eigenvalue weighted by Crippen LogP contribution is -2.66. The highest BCUT2D eigenvalue weighted by Gasteiger charge is 2.29. The lowest BCUT2D eigenvalue weighted by molar-refractivity contribution is -0.929. The molecule has 0 bridgehead atoms. The van der Waals surface area contributed by atoms with E-state index in [4.69, 9.17) is 0 Å². The van der Waals surface area contributed by atoms with Crippen molar-refractivity contribution in [2.45, 2.75) is 169 Å². The van der Waals surface area contributed by atoms with Gasteiger partial charge in [0.15, 0.2) is 0 Å². The Kier molecular flexibility index (Phi) is 24.8. The maximum absolute atomic E-state index is 2.34. The van der Waals surface area contributed by atoms with Crippen molar-refractivity contribution in [2.24, 2.45) is 0 Å². The monoisotopic (exact) mass is 682 g/mol. The Morgan fingerprint density at radius 2 is 0.580 bits per heavy atom. The molecule has 2 heteroatoms. The Hall–Kier alpha value is -2.32. The second kappa shape index (κ2) is 28.3. The van der Waals surface area contributed by atoms with Crippen molar-refractivity contribution in [3.05, 3.63) is 91.0 Å². The zero-order valence-electron chi connectivity index (χ0n) is 33.9. The summed E-state index contributed by atoms with van der Waals surface area (Å²) in [6.07, 6.45) is 28.3. The van der Waals surface area contributed by atoms with Gasteiger partial charge in [0.2, 0.25) is 0 Å². The van der Waals surface area contributed by atoms with Gasteiger partial charge in [-0.25, -0.2) is 0 Å². The molecule has 0 N–H and O–H groups in total. The van der Waals surface area contributed by atoms with Gasteiger partial charge in [-0.05, 0) is 51.4 Å². The fraction of sp³-hybridized carbons (Fsp3) is 0.625. The first-order valence-electron chi connectivity index (χ1n) is 21.8. The van der Waals surface area contributed by atoms with Crippen LogP contribution in [0.2, 0.25) is 6.32 Å². The predicted molar refractivity (Wildman–Crippen MR) is 229 cm³/mol. The third kappa shape index (κ3) is 16.4. The van der Waals surface area contributed by atoms with Crippen LogP contribution in [0, 0.1) is 0 Å². The van der Waals surface area contributed by atoms with Crippen LogP contribution >= 0.6 is 0 Å². The molecule has 0 unspecified atom stereocenters. The van der Waals surface area contributed by atoms with E-state index in [0.717, 1.165) is 0 Å². The van der Waals surface area contributed by atoms with Gasteiger partial charge >= 0.3 is 0 Å². The van der Waals surface area contributed by atoms with Gasteiger partial charge in [-0.3, -0.25) is 0 Å².